The fraction of sp³-hybridized carbons (Fsp3) is 0.714. The Morgan fingerprint density at radius 1 is 1.11 bits per heavy atom. The molecule has 0 bridgehead atoms. The molecular formula is C14H24O3SSi. The summed E-state index contributed by atoms with van der Waals surface area (Å²) in [5, 5.41) is 0. The molecule has 0 N–H and O–H groups in total. The molecule has 1 atom stereocenters. The van der Waals surface area contributed by atoms with Crippen molar-refractivity contribution in [2.45, 2.75) is 56.8 Å². The van der Waals surface area contributed by atoms with Crippen molar-refractivity contribution in [1.82, 2.24) is 0 Å². The van der Waals surface area contributed by atoms with Crippen LogP contribution in [0.2, 0.25) is 19.6 Å². The third-order valence-corrected chi connectivity index (χ3v) is 11.8. The van der Waals surface area contributed by atoms with E-state index in [0.717, 1.165) is 12.8 Å². The molecule has 1 unspecified atom stereocenters. The van der Waals surface area contributed by atoms with Gasteiger partial charge in [-0.15, -0.1) is 0 Å². The second-order valence-electron chi connectivity index (χ2n) is 7.18. The molecule has 0 heterocycles. The molecule has 2 aliphatic carbocycles. The molecule has 0 amide bonds. The zero-order valence-electron chi connectivity index (χ0n) is 12.4. The van der Waals surface area contributed by atoms with Gasteiger partial charge in [0.1, 0.15) is 4.37 Å². The maximum Gasteiger partial charge on any atom is 0.275 e. The topological polar surface area (TPSA) is 43.4 Å². The van der Waals surface area contributed by atoms with Gasteiger partial charge in [0.15, 0.2) is 0 Å². The first kappa shape index (κ1) is 15.0. The number of allylic oxidation sites excluding steroid dienone is 3. The molecule has 2 rings (SSSR count). The average Bonchev–Trinajstić information content (AvgIpc) is 2.97. The third kappa shape index (κ3) is 2.26. The van der Waals surface area contributed by atoms with Gasteiger partial charge >= 0.3 is 0 Å². The fourth-order valence-electron chi connectivity index (χ4n) is 3.24. The van der Waals surface area contributed by atoms with Crippen LogP contribution in [0.25, 0.3) is 0 Å². The Hall–Kier alpha value is -0.393. The predicted molar refractivity (Wildman–Crippen MR) is 81.2 cm³/mol. The number of rotatable bonds is 4. The largest absolute Gasteiger partial charge is 0.275 e. The van der Waals surface area contributed by atoms with E-state index in [9.17, 15) is 8.42 Å². The van der Waals surface area contributed by atoms with Gasteiger partial charge < -0.3 is 0 Å². The first-order valence-electron chi connectivity index (χ1n) is 6.83. The van der Waals surface area contributed by atoms with Crippen LogP contribution >= 0.6 is 0 Å². The van der Waals surface area contributed by atoms with Crippen LogP contribution in [-0.2, 0) is 14.3 Å². The van der Waals surface area contributed by atoms with Crippen LogP contribution in [0.5, 0.6) is 0 Å². The Kier molecular flexibility index (Phi) is 3.40. The Labute approximate surface area is 117 Å². The molecular weight excluding hydrogens is 276 g/mol. The van der Waals surface area contributed by atoms with Gasteiger partial charge in [0.05, 0.1) is 14.2 Å². The van der Waals surface area contributed by atoms with Gasteiger partial charge in [-0.3, -0.25) is 4.18 Å². The van der Waals surface area contributed by atoms with Crippen molar-refractivity contribution in [2.24, 2.45) is 5.41 Å². The lowest BCUT2D eigenvalue weighted by molar-refractivity contribution is 0.280. The standard InChI is InChI=1S/C14H24O3SSi/c1-13(2)10-6-7-11-14(13,19(3,4)5)18(15,16)17-12-8-9-12/h6-7,10-12H,8-9H2,1-5H3. The minimum atomic E-state index is -3.62. The van der Waals surface area contributed by atoms with E-state index < -0.39 is 28.0 Å². The number of hydrogen-bond donors (Lipinski definition) is 0. The van der Waals surface area contributed by atoms with Crippen molar-refractivity contribution < 1.29 is 12.6 Å². The lowest BCUT2D eigenvalue weighted by atomic mass is 9.85. The molecule has 2 aliphatic rings. The highest BCUT2D eigenvalue weighted by molar-refractivity contribution is 7.90. The first-order chi connectivity index (χ1) is 8.54. The predicted octanol–water partition coefficient (Wildman–Crippen LogP) is 3.26. The van der Waals surface area contributed by atoms with Gasteiger partial charge in [0.25, 0.3) is 10.1 Å². The molecule has 1 saturated carbocycles. The second-order valence-corrected chi connectivity index (χ2v) is 14.6. The van der Waals surface area contributed by atoms with Crippen molar-refractivity contribution in [3.8, 4) is 0 Å². The lowest BCUT2D eigenvalue weighted by Crippen LogP contribution is -2.65. The zero-order valence-corrected chi connectivity index (χ0v) is 14.3. The summed E-state index contributed by atoms with van der Waals surface area (Å²) in [6.07, 6.45) is 9.30. The Bertz CT molecular complexity index is 521. The SMILES string of the molecule is CC1(C)C=CC=CC1([Si](C)(C)C)S(=O)(=O)OC1CC1. The smallest absolute Gasteiger partial charge is 0.266 e. The Morgan fingerprint density at radius 3 is 2.05 bits per heavy atom. The minimum absolute atomic E-state index is 0.0895. The molecule has 19 heavy (non-hydrogen) atoms. The van der Waals surface area contributed by atoms with Gasteiger partial charge in [0.2, 0.25) is 0 Å². The van der Waals surface area contributed by atoms with E-state index in [1.807, 2.05) is 38.2 Å². The van der Waals surface area contributed by atoms with Crippen molar-refractivity contribution >= 4 is 18.2 Å². The molecule has 0 radical (unpaired) electrons. The van der Waals surface area contributed by atoms with Gasteiger partial charge in [-0.25, -0.2) is 0 Å². The van der Waals surface area contributed by atoms with Crippen LogP contribution in [0.4, 0.5) is 0 Å². The van der Waals surface area contributed by atoms with Crippen LogP contribution in [-0.4, -0.2) is 27.0 Å². The van der Waals surface area contributed by atoms with E-state index in [4.69, 9.17) is 4.18 Å². The van der Waals surface area contributed by atoms with E-state index in [-0.39, 0.29) is 6.10 Å². The van der Waals surface area contributed by atoms with E-state index in [0.29, 0.717) is 0 Å². The summed E-state index contributed by atoms with van der Waals surface area (Å²) >= 11 is 0. The molecule has 0 aromatic heterocycles. The van der Waals surface area contributed by atoms with Crippen LogP contribution < -0.4 is 0 Å². The normalized spacial score (nSPS) is 30.6. The van der Waals surface area contributed by atoms with Crippen LogP contribution in [0.3, 0.4) is 0 Å². The van der Waals surface area contributed by atoms with E-state index in [2.05, 4.69) is 19.6 Å². The van der Waals surface area contributed by atoms with E-state index in [1.54, 1.807) is 0 Å². The fourth-order valence-corrected chi connectivity index (χ4v) is 10.7. The van der Waals surface area contributed by atoms with E-state index in [1.165, 1.54) is 0 Å². The van der Waals surface area contributed by atoms with Gasteiger partial charge in [0, 0.05) is 5.41 Å². The molecule has 0 spiro atoms. The summed E-state index contributed by atoms with van der Waals surface area (Å²) in [6, 6.07) is 0. The first-order valence-corrected chi connectivity index (χ1v) is 11.7. The highest BCUT2D eigenvalue weighted by Crippen LogP contribution is 2.50. The van der Waals surface area contributed by atoms with Crippen LogP contribution in [0, 0.1) is 5.41 Å². The molecule has 3 nitrogen and oxygen atoms in total. The Balaban J connectivity index is 2.59. The summed E-state index contributed by atoms with van der Waals surface area (Å²) in [6.45, 7) is 10.3. The lowest BCUT2D eigenvalue weighted by Gasteiger charge is -2.50. The molecule has 5 heteroatoms. The summed E-state index contributed by atoms with van der Waals surface area (Å²) in [4.78, 5) is 0. The molecule has 108 valence electrons. The molecule has 0 aromatic rings. The van der Waals surface area contributed by atoms with Crippen molar-refractivity contribution in [3.05, 3.63) is 24.3 Å². The van der Waals surface area contributed by atoms with E-state index >= 15 is 0 Å². The van der Waals surface area contributed by atoms with Crippen molar-refractivity contribution in [3.63, 3.8) is 0 Å². The second kappa shape index (κ2) is 4.30. The summed E-state index contributed by atoms with van der Waals surface area (Å²) < 4.78 is 30.5. The highest BCUT2D eigenvalue weighted by Gasteiger charge is 2.62. The summed E-state index contributed by atoms with van der Waals surface area (Å²) in [7, 11) is -5.69. The Morgan fingerprint density at radius 2 is 1.63 bits per heavy atom. The highest BCUT2D eigenvalue weighted by atomic mass is 32.2. The van der Waals surface area contributed by atoms with Crippen LogP contribution in [0.15, 0.2) is 24.3 Å². The molecule has 0 aromatic carbocycles. The molecule has 0 aliphatic heterocycles. The summed E-state index contributed by atoms with van der Waals surface area (Å²) in [5.41, 5.74) is -0.444. The molecule has 1 fully saturated rings. The monoisotopic (exact) mass is 300 g/mol. The molecule has 0 saturated heterocycles. The maximum absolute atomic E-state index is 12.9. The quantitative estimate of drug-likeness (QED) is 0.591. The third-order valence-electron chi connectivity index (χ3n) is 4.21. The maximum atomic E-state index is 12.9. The average molecular weight is 300 g/mol. The number of hydrogen-bond acceptors (Lipinski definition) is 3. The van der Waals surface area contributed by atoms with Crippen LogP contribution in [0.1, 0.15) is 26.7 Å². The summed E-state index contributed by atoms with van der Waals surface area (Å²) in [5.74, 6) is 0. The van der Waals surface area contributed by atoms with Gasteiger partial charge in [-0.2, -0.15) is 8.42 Å². The minimum Gasteiger partial charge on any atom is -0.266 e. The van der Waals surface area contributed by atoms with Gasteiger partial charge in [-0.05, 0) is 12.8 Å². The van der Waals surface area contributed by atoms with Crippen molar-refractivity contribution in [2.75, 3.05) is 0 Å². The zero-order chi connectivity index (χ0) is 14.5. The van der Waals surface area contributed by atoms with Gasteiger partial charge in [-0.1, -0.05) is 57.8 Å². The van der Waals surface area contributed by atoms with Crippen molar-refractivity contribution in [1.29, 1.82) is 0 Å².